The zero-order valence-electron chi connectivity index (χ0n) is 21.2. The molecule has 2 aromatic heterocycles. The molecule has 0 unspecified atom stereocenters. The minimum Gasteiger partial charge on any atom is -0.493 e. The van der Waals surface area contributed by atoms with Gasteiger partial charge in [0.25, 0.3) is 15.6 Å². The van der Waals surface area contributed by atoms with E-state index in [4.69, 9.17) is 15.1 Å². The van der Waals surface area contributed by atoms with E-state index in [1.54, 1.807) is 29.6 Å². The Morgan fingerprint density at radius 3 is 2.74 bits per heavy atom. The quantitative estimate of drug-likeness (QED) is 0.340. The van der Waals surface area contributed by atoms with E-state index in [2.05, 4.69) is 14.7 Å². The number of nitriles is 1. The Labute approximate surface area is 220 Å². The van der Waals surface area contributed by atoms with E-state index in [-0.39, 0.29) is 33.4 Å². The number of aromatic nitrogens is 4. The van der Waals surface area contributed by atoms with E-state index < -0.39 is 10.0 Å². The molecule has 38 heavy (non-hydrogen) atoms. The number of imidazole rings is 1. The second-order valence-corrected chi connectivity index (χ2v) is 11.1. The predicted octanol–water partition coefficient (Wildman–Crippen LogP) is 4.51. The first kappa shape index (κ1) is 25.5. The molecule has 0 bridgehead atoms. The summed E-state index contributed by atoms with van der Waals surface area (Å²) >= 11 is 0. The van der Waals surface area contributed by atoms with Crippen LogP contribution in [0, 0.1) is 18.3 Å². The molecule has 2 N–H and O–H groups in total. The SMILES string of the molecule is CCCOc1ccc(NS(=O)(=O)c2cccc(C#N)c2)cc1-c1nn2c(C3CCCC3)nc(C)c2c(=O)[nH]1. The third-order valence-corrected chi connectivity index (χ3v) is 8.02. The van der Waals surface area contributed by atoms with Gasteiger partial charge in [0.2, 0.25) is 0 Å². The van der Waals surface area contributed by atoms with Crippen molar-refractivity contribution in [1.82, 2.24) is 19.6 Å². The fraction of sp³-hybridized carbons (Fsp3) is 0.333. The number of rotatable bonds is 8. The maximum atomic E-state index is 13.2. The molecule has 0 radical (unpaired) electrons. The van der Waals surface area contributed by atoms with Crippen LogP contribution in [0.2, 0.25) is 0 Å². The number of nitrogens with zero attached hydrogens (tertiary/aromatic N) is 4. The number of nitrogens with one attached hydrogen (secondary N) is 2. The highest BCUT2D eigenvalue weighted by Gasteiger charge is 2.25. The lowest BCUT2D eigenvalue weighted by Crippen LogP contribution is -2.17. The van der Waals surface area contributed by atoms with Gasteiger partial charge in [0.05, 0.1) is 34.4 Å². The van der Waals surface area contributed by atoms with Crippen molar-refractivity contribution >= 4 is 21.2 Å². The maximum Gasteiger partial charge on any atom is 0.277 e. The maximum absolute atomic E-state index is 13.2. The van der Waals surface area contributed by atoms with Gasteiger partial charge in [0.1, 0.15) is 11.6 Å². The molecule has 0 aliphatic heterocycles. The van der Waals surface area contributed by atoms with Crippen LogP contribution >= 0.6 is 0 Å². The highest BCUT2D eigenvalue weighted by atomic mass is 32.2. The fourth-order valence-corrected chi connectivity index (χ4v) is 5.92. The van der Waals surface area contributed by atoms with Crippen LogP contribution in [-0.4, -0.2) is 34.6 Å². The first-order valence-electron chi connectivity index (χ1n) is 12.6. The summed E-state index contributed by atoms with van der Waals surface area (Å²) in [6.07, 6.45) is 4.99. The molecule has 11 heteroatoms. The van der Waals surface area contributed by atoms with E-state index in [9.17, 15) is 13.2 Å². The van der Waals surface area contributed by atoms with Crippen LogP contribution in [-0.2, 0) is 10.0 Å². The Hall–Kier alpha value is -4.17. The van der Waals surface area contributed by atoms with Crippen LogP contribution in [0.1, 0.15) is 62.0 Å². The fourth-order valence-electron chi connectivity index (χ4n) is 4.83. The zero-order chi connectivity index (χ0) is 26.9. The largest absolute Gasteiger partial charge is 0.493 e. The lowest BCUT2D eigenvalue weighted by atomic mass is 10.1. The third kappa shape index (κ3) is 4.87. The molecular formula is C27H28N6O4S. The molecule has 1 saturated carbocycles. The number of H-pyrrole nitrogens is 1. The summed E-state index contributed by atoms with van der Waals surface area (Å²) in [5.41, 5.74) is 1.63. The molecule has 1 fully saturated rings. The summed E-state index contributed by atoms with van der Waals surface area (Å²) in [4.78, 5) is 20.7. The second kappa shape index (κ2) is 10.3. The molecule has 0 atom stereocenters. The van der Waals surface area contributed by atoms with Gasteiger partial charge in [-0.25, -0.2) is 17.9 Å². The van der Waals surface area contributed by atoms with Crippen LogP contribution in [0.3, 0.4) is 0 Å². The van der Waals surface area contributed by atoms with Crippen molar-refractivity contribution in [1.29, 1.82) is 5.26 Å². The van der Waals surface area contributed by atoms with Crippen LogP contribution in [0.4, 0.5) is 5.69 Å². The average Bonchev–Trinajstić information content (AvgIpc) is 3.56. The average molecular weight is 533 g/mol. The monoisotopic (exact) mass is 532 g/mol. The van der Waals surface area contributed by atoms with E-state index in [1.807, 2.05) is 13.0 Å². The number of sulfonamides is 1. The Balaban J connectivity index is 1.60. The van der Waals surface area contributed by atoms with E-state index >= 15 is 0 Å². The summed E-state index contributed by atoms with van der Waals surface area (Å²) in [6.45, 7) is 4.21. The van der Waals surface area contributed by atoms with Crippen LogP contribution in [0.15, 0.2) is 52.2 Å². The highest BCUT2D eigenvalue weighted by Crippen LogP contribution is 2.35. The van der Waals surface area contributed by atoms with Gasteiger partial charge in [-0.2, -0.15) is 5.26 Å². The van der Waals surface area contributed by atoms with E-state index in [0.717, 1.165) is 37.9 Å². The Kier molecular flexibility index (Phi) is 6.91. The number of benzene rings is 2. The van der Waals surface area contributed by atoms with Gasteiger partial charge in [-0.05, 0) is 62.6 Å². The summed E-state index contributed by atoms with van der Waals surface area (Å²) in [5, 5.41) is 13.9. The molecular weight excluding hydrogens is 504 g/mol. The first-order chi connectivity index (χ1) is 18.3. The molecule has 0 amide bonds. The number of aryl methyl sites for hydroxylation is 1. The number of fused-ring (bicyclic) bond motifs is 1. The molecule has 2 aromatic carbocycles. The third-order valence-electron chi connectivity index (χ3n) is 6.64. The van der Waals surface area contributed by atoms with Gasteiger partial charge in [0.15, 0.2) is 11.3 Å². The standard InChI is InChI=1S/C27H28N6O4S/c1-3-13-37-23-12-11-20(32-38(35,36)21-10-6-7-18(14-21)16-28)15-22(23)25-30-27(34)24-17(2)29-26(33(24)31-25)19-8-4-5-9-19/h6-7,10-12,14-15,19,32H,3-5,8-9,13H2,1-2H3,(H,30,31,34). The van der Waals surface area contributed by atoms with Crippen molar-refractivity contribution in [3.05, 3.63) is 69.9 Å². The van der Waals surface area contributed by atoms with E-state index in [1.165, 1.54) is 24.3 Å². The summed E-state index contributed by atoms with van der Waals surface area (Å²) in [5.74, 6) is 1.71. The molecule has 0 spiro atoms. The van der Waals surface area contributed by atoms with Crippen molar-refractivity contribution in [3.63, 3.8) is 0 Å². The van der Waals surface area contributed by atoms with Crippen molar-refractivity contribution in [3.8, 4) is 23.2 Å². The number of hydrogen-bond acceptors (Lipinski definition) is 7. The van der Waals surface area contributed by atoms with E-state index in [0.29, 0.717) is 29.1 Å². The molecule has 0 saturated heterocycles. The molecule has 10 nitrogen and oxygen atoms in total. The minimum atomic E-state index is -3.98. The lowest BCUT2D eigenvalue weighted by molar-refractivity contribution is 0.318. The van der Waals surface area contributed by atoms with Gasteiger partial charge < -0.3 is 9.72 Å². The predicted molar refractivity (Wildman–Crippen MR) is 143 cm³/mol. The zero-order valence-corrected chi connectivity index (χ0v) is 22.0. The Bertz CT molecular complexity index is 1710. The minimum absolute atomic E-state index is 0.0348. The van der Waals surface area contributed by atoms with Crippen molar-refractivity contribution in [2.45, 2.75) is 56.8 Å². The molecule has 5 rings (SSSR count). The molecule has 4 aromatic rings. The second-order valence-electron chi connectivity index (χ2n) is 9.40. The summed E-state index contributed by atoms with van der Waals surface area (Å²) < 4.78 is 36.2. The number of hydrogen-bond donors (Lipinski definition) is 2. The first-order valence-corrected chi connectivity index (χ1v) is 14.1. The van der Waals surface area contributed by atoms with Gasteiger partial charge >= 0.3 is 0 Å². The highest BCUT2D eigenvalue weighted by molar-refractivity contribution is 7.92. The number of aromatic amines is 1. The van der Waals surface area contributed by atoms with Crippen molar-refractivity contribution in [2.24, 2.45) is 0 Å². The van der Waals surface area contributed by atoms with Crippen LogP contribution in [0.5, 0.6) is 5.75 Å². The topological polar surface area (TPSA) is 142 Å². The normalized spacial score (nSPS) is 14.0. The molecule has 1 aliphatic rings. The number of ether oxygens (including phenoxy) is 1. The smallest absolute Gasteiger partial charge is 0.277 e. The van der Waals surface area contributed by atoms with Crippen molar-refractivity contribution in [2.75, 3.05) is 11.3 Å². The Morgan fingerprint density at radius 1 is 1.21 bits per heavy atom. The summed E-state index contributed by atoms with van der Waals surface area (Å²) in [6, 6.07) is 12.5. The molecule has 1 aliphatic carbocycles. The summed E-state index contributed by atoms with van der Waals surface area (Å²) in [7, 11) is -3.98. The molecule has 196 valence electrons. The van der Waals surface area contributed by atoms with Crippen LogP contribution in [0.25, 0.3) is 16.9 Å². The van der Waals surface area contributed by atoms with Crippen molar-refractivity contribution < 1.29 is 13.2 Å². The van der Waals surface area contributed by atoms with Gasteiger partial charge in [-0.3, -0.25) is 9.52 Å². The van der Waals surface area contributed by atoms with Gasteiger partial charge in [-0.1, -0.05) is 25.8 Å². The Morgan fingerprint density at radius 2 is 2.00 bits per heavy atom. The molecule has 2 heterocycles. The lowest BCUT2D eigenvalue weighted by Gasteiger charge is -2.14. The van der Waals surface area contributed by atoms with Gasteiger partial charge in [0, 0.05) is 11.6 Å². The number of anilines is 1. The van der Waals surface area contributed by atoms with Gasteiger partial charge in [-0.15, -0.1) is 5.10 Å². The van der Waals surface area contributed by atoms with Crippen LogP contribution < -0.4 is 15.0 Å².